The quantitative estimate of drug-likeness (QED) is 0.868. The number of benzene rings is 1. The predicted molar refractivity (Wildman–Crippen MR) is 82.6 cm³/mol. The zero-order valence-electron chi connectivity index (χ0n) is 11.9. The molecule has 1 N–H and O–H groups in total. The van der Waals surface area contributed by atoms with Crippen molar-refractivity contribution in [2.24, 2.45) is 5.41 Å². The molecule has 1 aliphatic carbocycles. The Labute approximate surface area is 119 Å². The molecule has 1 aromatic heterocycles. The summed E-state index contributed by atoms with van der Waals surface area (Å²) in [6, 6.07) is 9.32. The molecule has 19 heavy (non-hydrogen) atoms. The Balaban J connectivity index is 1.82. The van der Waals surface area contributed by atoms with E-state index in [1.807, 2.05) is 0 Å². The van der Waals surface area contributed by atoms with Crippen LogP contribution in [-0.4, -0.2) is 0 Å². The van der Waals surface area contributed by atoms with Crippen molar-refractivity contribution in [1.29, 1.82) is 0 Å². The molecule has 1 aliphatic rings. The van der Waals surface area contributed by atoms with Crippen LogP contribution in [0.25, 0.3) is 0 Å². The molecule has 0 radical (unpaired) electrons. The summed E-state index contributed by atoms with van der Waals surface area (Å²) in [5, 5.41) is 8.27. The van der Waals surface area contributed by atoms with E-state index in [0.717, 1.165) is 6.54 Å². The Morgan fingerprint density at radius 2 is 2.05 bits per heavy atom. The molecule has 3 rings (SSSR count). The van der Waals surface area contributed by atoms with Crippen molar-refractivity contribution in [2.45, 2.75) is 39.8 Å². The summed E-state index contributed by atoms with van der Waals surface area (Å²) in [7, 11) is 0. The number of rotatable bonds is 3. The van der Waals surface area contributed by atoms with Crippen molar-refractivity contribution in [3.63, 3.8) is 0 Å². The van der Waals surface area contributed by atoms with Gasteiger partial charge in [-0.15, -0.1) is 0 Å². The number of nitrogens with one attached hydrogen (secondary N) is 1. The molecule has 0 saturated heterocycles. The normalized spacial score (nSPS) is 20.5. The highest BCUT2D eigenvalue weighted by molar-refractivity contribution is 7.08. The molecule has 1 nitrogen and oxygen atoms in total. The molecule has 1 atom stereocenters. The number of aryl methyl sites for hydroxylation is 1. The van der Waals surface area contributed by atoms with Gasteiger partial charge in [0.15, 0.2) is 0 Å². The molecule has 2 aromatic rings. The van der Waals surface area contributed by atoms with Crippen LogP contribution < -0.4 is 5.32 Å². The Hall–Kier alpha value is -1.12. The van der Waals surface area contributed by atoms with Crippen LogP contribution in [0, 0.1) is 12.3 Å². The fourth-order valence-corrected chi connectivity index (χ4v) is 4.01. The highest BCUT2D eigenvalue weighted by Gasteiger charge is 2.38. The predicted octanol–water partition coefficient (Wildman–Crippen LogP) is 4.47. The first-order valence-corrected chi connectivity index (χ1v) is 7.85. The van der Waals surface area contributed by atoms with Crippen molar-refractivity contribution < 1.29 is 0 Å². The summed E-state index contributed by atoms with van der Waals surface area (Å²) >= 11 is 1.79. The van der Waals surface area contributed by atoms with Crippen molar-refractivity contribution >= 4 is 11.3 Å². The molecule has 0 aliphatic heterocycles. The number of thiophene rings is 1. The van der Waals surface area contributed by atoms with E-state index >= 15 is 0 Å². The van der Waals surface area contributed by atoms with Crippen LogP contribution >= 0.6 is 11.3 Å². The topological polar surface area (TPSA) is 12.0 Å². The van der Waals surface area contributed by atoms with Crippen molar-refractivity contribution in [2.75, 3.05) is 0 Å². The van der Waals surface area contributed by atoms with Gasteiger partial charge in [0.05, 0.1) is 0 Å². The minimum atomic E-state index is 0.299. The summed E-state index contributed by atoms with van der Waals surface area (Å²) in [4.78, 5) is 0. The monoisotopic (exact) mass is 271 g/mol. The van der Waals surface area contributed by atoms with Gasteiger partial charge in [-0.2, -0.15) is 11.3 Å². The summed E-state index contributed by atoms with van der Waals surface area (Å²) < 4.78 is 0. The Kier molecular flexibility index (Phi) is 3.23. The molecule has 100 valence electrons. The summed E-state index contributed by atoms with van der Waals surface area (Å²) in [6.45, 7) is 7.90. The van der Waals surface area contributed by atoms with E-state index in [2.05, 4.69) is 61.1 Å². The summed E-state index contributed by atoms with van der Waals surface area (Å²) in [5.41, 5.74) is 6.13. The second kappa shape index (κ2) is 4.77. The van der Waals surface area contributed by atoms with E-state index in [4.69, 9.17) is 0 Å². The first-order valence-electron chi connectivity index (χ1n) is 6.91. The molecule has 0 fully saturated rings. The van der Waals surface area contributed by atoms with E-state index in [1.165, 1.54) is 28.7 Å². The van der Waals surface area contributed by atoms with Gasteiger partial charge in [0.2, 0.25) is 0 Å². The Morgan fingerprint density at radius 3 is 2.79 bits per heavy atom. The van der Waals surface area contributed by atoms with Crippen molar-refractivity contribution in [3.8, 4) is 0 Å². The number of fused-ring (bicyclic) bond motifs is 1. The lowest BCUT2D eigenvalue weighted by Crippen LogP contribution is -2.30. The van der Waals surface area contributed by atoms with Crippen molar-refractivity contribution in [3.05, 3.63) is 57.3 Å². The molecule has 1 unspecified atom stereocenters. The van der Waals surface area contributed by atoms with E-state index in [9.17, 15) is 0 Å². The highest BCUT2D eigenvalue weighted by atomic mass is 32.1. The highest BCUT2D eigenvalue weighted by Crippen LogP contribution is 2.45. The lowest BCUT2D eigenvalue weighted by Gasteiger charge is -2.28. The molecule has 0 saturated carbocycles. The average molecular weight is 271 g/mol. The van der Waals surface area contributed by atoms with Crippen LogP contribution in [0.3, 0.4) is 0 Å². The second-order valence-electron chi connectivity index (χ2n) is 6.26. The maximum Gasteiger partial charge on any atom is 0.0380 e. The SMILES string of the molecule is Cc1cscc1CNC1c2ccccc2CC1(C)C. The zero-order valence-corrected chi connectivity index (χ0v) is 12.7. The van der Waals surface area contributed by atoms with E-state index in [0.29, 0.717) is 11.5 Å². The van der Waals surface area contributed by atoms with Gasteiger partial charge >= 0.3 is 0 Å². The fraction of sp³-hybridized carbons (Fsp3) is 0.412. The average Bonchev–Trinajstić information content (AvgIpc) is 2.87. The standard InChI is InChI=1S/C17H21NS/c1-12-10-19-11-14(12)9-18-16-15-7-5-4-6-13(15)8-17(16,2)3/h4-7,10-11,16,18H,8-9H2,1-3H3. The molecular weight excluding hydrogens is 250 g/mol. The molecule has 0 amide bonds. The first kappa shape index (κ1) is 12.9. The van der Waals surface area contributed by atoms with Gasteiger partial charge in [-0.05, 0) is 51.8 Å². The molecule has 1 aromatic carbocycles. The summed E-state index contributed by atoms with van der Waals surface area (Å²) in [6.07, 6.45) is 1.17. The molecule has 2 heteroatoms. The number of hydrogen-bond acceptors (Lipinski definition) is 2. The lowest BCUT2D eigenvalue weighted by molar-refractivity contribution is 0.268. The maximum atomic E-state index is 3.78. The van der Waals surface area contributed by atoms with Crippen molar-refractivity contribution in [1.82, 2.24) is 5.32 Å². The van der Waals surface area contributed by atoms with E-state index < -0.39 is 0 Å². The summed E-state index contributed by atoms with van der Waals surface area (Å²) in [5.74, 6) is 0. The Morgan fingerprint density at radius 1 is 1.26 bits per heavy atom. The van der Waals surface area contributed by atoms with Gasteiger partial charge in [0.25, 0.3) is 0 Å². The lowest BCUT2D eigenvalue weighted by atomic mass is 9.85. The van der Waals surface area contributed by atoms with Crippen LogP contribution in [0.2, 0.25) is 0 Å². The zero-order chi connectivity index (χ0) is 13.5. The minimum Gasteiger partial charge on any atom is -0.305 e. The van der Waals surface area contributed by atoms with Gasteiger partial charge in [-0.1, -0.05) is 38.1 Å². The van der Waals surface area contributed by atoms with E-state index in [-0.39, 0.29) is 0 Å². The third kappa shape index (κ3) is 2.35. The van der Waals surface area contributed by atoms with Crippen LogP contribution in [-0.2, 0) is 13.0 Å². The molecular formula is C17H21NS. The van der Waals surface area contributed by atoms with Crippen LogP contribution in [0.15, 0.2) is 35.0 Å². The maximum absolute atomic E-state index is 3.78. The van der Waals surface area contributed by atoms with Gasteiger partial charge in [-0.25, -0.2) is 0 Å². The number of hydrogen-bond donors (Lipinski definition) is 1. The minimum absolute atomic E-state index is 0.299. The van der Waals surface area contributed by atoms with Crippen LogP contribution in [0.5, 0.6) is 0 Å². The van der Waals surface area contributed by atoms with E-state index in [1.54, 1.807) is 11.3 Å². The fourth-order valence-electron chi connectivity index (χ4n) is 3.16. The molecule has 1 heterocycles. The van der Waals surface area contributed by atoms with Crippen LogP contribution in [0.4, 0.5) is 0 Å². The molecule has 0 spiro atoms. The third-order valence-electron chi connectivity index (χ3n) is 4.25. The Bertz CT molecular complexity index is 582. The largest absolute Gasteiger partial charge is 0.305 e. The van der Waals surface area contributed by atoms with Gasteiger partial charge < -0.3 is 5.32 Å². The smallest absolute Gasteiger partial charge is 0.0380 e. The van der Waals surface area contributed by atoms with Gasteiger partial charge in [0, 0.05) is 12.6 Å². The van der Waals surface area contributed by atoms with Crippen LogP contribution in [0.1, 0.15) is 42.1 Å². The van der Waals surface area contributed by atoms with Gasteiger partial charge in [-0.3, -0.25) is 0 Å². The second-order valence-corrected chi connectivity index (χ2v) is 7.00. The third-order valence-corrected chi connectivity index (χ3v) is 5.16. The molecule has 0 bridgehead atoms. The van der Waals surface area contributed by atoms with Gasteiger partial charge in [0.1, 0.15) is 0 Å². The first-order chi connectivity index (χ1) is 9.08.